The topological polar surface area (TPSA) is 30.5 Å². The van der Waals surface area contributed by atoms with E-state index in [0.717, 1.165) is 38.3 Å². The van der Waals surface area contributed by atoms with Crippen LogP contribution in [0.5, 0.6) is 0 Å². The SMILES string of the molecule is CC[C@@H](C)c1ccc(NC(=S)NN2CCN(C)CC2)cc1. The fraction of sp³-hybridized carbons (Fsp3) is 0.562. The molecule has 4 nitrogen and oxygen atoms in total. The summed E-state index contributed by atoms with van der Waals surface area (Å²) in [5, 5.41) is 6.08. The number of nitrogens with one attached hydrogen (secondary N) is 2. The fourth-order valence-electron chi connectivity index (χ4n) is 2.35. The zero-order valence-corrected chi connectivity index (χ0v) is 14.0. The zero-order chi connectivity index (χ0) is 15.2. The van der Waals surface area contributed by atoms with Crippen LogP contribution in [0.2, 0.25) is 0 Å². The molecule has 0 aliphatic carbocycles. The van der Waals surface area contributed by atoms with Gasteiger partial charge in [0.05, 0.1) is 0 Å². The number of likely N-dealkylation sites (N-methyl/N-ethyl adjacent to an activating group) is 1. The van der Waals surface area contributed by atoms with Crippen LogP contribution >= 0.6 is 12.2 Å². The molecule has 1 fully saturated rings. The zero-order valence-electron chi connectivity index (χ0n) is 13.2. The highest BCUT2D eigenvalue weighted by Crippen LogP contribution is 2.20. The van der Waals surface area contributed by atoms with Crippen LogP contribution in [0.4, 0.5) is 5.69 Å². The summed E-state index contributed by atoms with van der Waals surface area (Å²) in [4.78, 5) is 2.32. The number of hydrogen-bond donors (Lipinski definition) is 2. The highest BCUT2D eigenvalue weighted by Gasteiger charge is 2.14. The molecule has 1 atom stereocenters. The Morgan fingerprint density at radius 1 is 1.19 bits per heavy atom. The van der Waals surface area contributed by atoms with Crippen molar-refractivity contribution in [2.45, 2.75) is 26.2 Å². The molecule has 1 aliphatic rings. The number of thiocarbonyl (C=S) groups is 1. The van der Waals surface area contributed by atoms with E-state index < -0.39 is 0 Å². The van der Waals surface area contributed by atoms with Crippen LogP contribution in [0.25, 0.3) is 0 Å². The Balaban J connectivity index is 1.82. The van der Waals surface area contributed by atoms with Crippen LogP contribution in [0.3, 0.4) is 0 Å². The molecule has 0 bridgehead atoms. The third kappa shape index (κ3) is 4.95. The molecule has 0 amide bonds. The molecule has 1 aliphatic heterocycles. The second kappa shape index (κ2) is 7.73. The molecule has 116 valence electrons. The molecular weight excluding hydrogens is 280 g/mol. The monoisotopic (exact) mass is 306 g/mol. The molecule has 1 aromatic rings. The first-order valence-electron chi connectivity index (χ1n) is 7.69. The summed E-state index contributed by atoms with van der Waals surface area (Å²) in [5.41, 5.74) is 5.68. The lowest BCUT2D eigenvalue weighted by Crippen LogP contribution is -2.53. The molecule has 0 spiro atoms. The Morgan fingerprint density at radius 2 is 1.81 bits per heavy atom. The lowest BCUT2D eigenvalue weighted by atomic mass is 9.99. The smallest absolute Gasteiger partial charge is 0.185 e. The van der Waals surface area contributed by atoms with Crippen molar-refractivity contribution in [2.24, 2.45) is 0 Å². The predicted molar refractivity (Wildman–Crippen MR) is 93.6 cm³/mol. The molecular formula is C16H26N4S. The van der Waals surface area contributed by atoms with Gasteiger partial charge in [0.1, 0.15) is 0 Å². The van der Waals surface area contributed by atoms with Gasteiger partial charge in [0.15, 0.2) is 5.11 Å². The van der Waals surface area contributed by atoms with E-state index in [1.54, 1.807) is 0 Å². The van der Waals surface area contributed by atoms with E-state index in [0.29, 0.717) is 11.0 Å². The lowest BCUT2D eigenvalue weighted by molar-refractivity contribution is 0.131. The number of nitrogens with zero attached hydrogens (tertiary/aromatic N) is 2. The predicted octanol–water partition coefficient (Wildman–Crippen LogP) is 2.65. The van der Waals surface area contributed by atoms with Crippen molar-refractivity contribution in [2.75, 3.05) is 38.5 Å². The summed E-state index contributed by atoms with van der Waals surface area (Å²) < 4.78 is 0. The minimum absolute atomic E-state index is 0.606. The second-order valence-electron chi connectivity index (χ2n) is 5.79. The number of piperazine rings is 1. The summed E-state index contributed by atoms with van der Waals surface area (Å²) >= 11 is 5.38. The highest BCUT2D eigenvalue weighted by atomic mass is 32.1. The Morgan fingerprint density at radius 3 is 2.38 bits per heavy atom. The fourth-order valence-corrected chi connectivity index (χ4v) is 2.60. The average Bonchev–Trinajstić information content (AvgIpc) is 2.49. The maximum Gasteiger partial charge on any atom is 0.185 e. The van der Waals surface area contributed by atoms with Crippen LogP contribution in [0.15, 0.2) is 24.3 Å². The molecule has 0 radical (unpaired) electrons. The van der Waals surface area contributed by atoms with Gasteiger partial charge in [0.2, 0.25) is 0 Å². The van der Waals surface area contributed by atoms with Gasteiger partial charge in [0, 0.05) is 31.9 Å². The summed E-state index contributed by atoms with van der Waals surface area (Å²) in [6, 6.07) is 8.54. The van der Waals surface area contributed by atoms with Gasteiger partial charge in [-0.1, -0.05) is 26.0 Å². The maximum absolute atomic E-state index is 5.38. The van der Waals surface area contributed by atoms with Gasteiger partial charge >= 0.3 is 0 Å². The molecule has 0 unspecified atom stereocenters. The quantitative estimate of drug-likeness (QED) is 0.835. The van der Waals surface area contributed by atoms with Crippen LogP contribution in [-0.2, 0) is 0 Å². The first kappa shape index (κ1) is 16.2. The largest absolute Gasteiger partial charge is 0.332 e. The Kier molecular flexibility index (Phi) is 5.96. The molecule has 1 aromatic carbocycles. The van der Waals surface area contributed by atoms with E-state index in [1.165, 1.54) is 5.56 Å². The molecule has 1 heterocycles. The van der Waals surface area contributed by atoms with Crippen molar-refractivity contribution < 1.29 is 0 Å². The van der Waals surface area contributed by atoms with Crippen molar-refractivity contribution in [3.63, 3.8) is 0 Å². The highest BCUT2D eigenvalue weighted by molar-refractivity contribution is 7.80. The molecule has 1 saturated heterocycles. The van der Waals surface area contributed by atoms with Crippen molar-refractivity contribution >= 4 is 23.0 Å². The first-order valence-corrected chi connectivity index (χ1v) is 8.10. The van der Waals surface area contributed by atoms with E-state index in [9.17, 15) is 0 Å². The van der Waals surface area contributed by atoms with Gasteiger partial charge in [-0.3, -0.25) is 5.43 Å². The Hall–Kier alpha value is -1.17. The number of hydrogen-bond acceptors (Lipinski definition) is 3. The first-order chi connectivity index (χ1) is 10.1. The summed E-state index contributed by atoms with van der Waals surface area (Å²) in [6.45, 7) is 8.59. The normalized spacial score (nSPS) is 18.2. The van der Waals surface area contributed by atoms with E-state index >= 15 is 0 Å². The molecule has 2 rings (SSSR count). The van der Waals surface area contributed by atoms with Gasteiger partial charge in [-0.2, -0.15) is 0 Å². The van der Waals surface area contributed by atoms with Crippen molar-refractivity contribution in [3.8, 4) is 0 Å². The van der Waals surface area contributed by atoms with Gasteiger partial charge in [-0.15, -0.1) is 0 Å². The van der Waals surface area contributed by atoms with E-state index in [4.69, 9.17) is 12.2 Å². The summed E-state index contributed by atoms with van der Waals surface area (Å²) in [6.07, 6.45) is 1.16. The van der Waals surface area contributed by atoms with Crippen LogP contribution < -0.4 is 10.7 Å². The van der Waals surface area contributed by atoms with Gasteiger partial charge in [-0.25, -0.2) is 5.01 Å². The van der Waals surface area contributed by atoms with Crippen LogP contribution in [0, 0.1) is 0 Å². The molecule has 0 saturated carbocycles. The number of benzene rings is 1. The van der Waals surface area contributed by atoms with E-state index in [2.05, 4.69) is 65.8 Å². The third-order valence-electron chi connectivity index (χ3n) is 4.11. The molecule has 2 N–H and O–H groups in total. The molecule has 0 aromatic heterocycles. The minimum Gasteiger partial charge on any atom is -0.332 e. The standard InChI is InChI=1S/C16H26N4S/c1-4-13(2)14-5-7-15(8-6-14)17-16(21)18-20-11-9-19(3)10-12-20/h5-8,13H,4,9-12H2,1-3H3,(H2,17,18,21)/t13-/m1/s1. The molecule has 5 heteroatoms. The lowest BCUT2D eigenvalue weighted by Gasteiger charge is -2.33. The average molecular weight is 306 g/mol. The second-order valence-corrected chi connectivity index (χ2v) is 6.20. The Labute approximate surface area is 133 Å². The minimum atomic E-state index is 0.606. The number of rotatable bonds is 4. The van der Waals surface area contributed by atoms with Crippen molar-refractivity contribution in [3.05, 3.63) is 29.8 Å². The van der Waals surface area contributed by atoms with Gasteiger partial charge < -0.3 is 10.2 Å². The van der Waals surface area contributed by atoms with E-state index in [-0.39, 0.29) is 0 Å². The third-order valence-corrected chi connectivity index (χ3v) is 4.31. The maximum atomic E-state index is 5.38. The van der Waals surface area contributed by atoms with Gasteiger partial charge in [-0.05, 0) is 49.3 Å². The summed E-state index contributed by atoms with van der Waals surface area (Å²) in [5.74, 6) is 0.606. The van der Waals surface area contributed by atoms with E-state index in [1.807, 2.05) is 0 Å². The number of anilines is 1. The molecule has 21 heavy (non-hydrogen) atoms. The summed E-state index contributed by atoms with van der Waals surface area (Å²) in [7, 11) is 2.15. The van der Waals surface area contributed by atoms with Crippen molar-refractivity contribution in [1.29, 1.82) is 0 Å². The number of hydrazine groups is 1. The van der Waals surface area contributed by atoms with Crippen LogP contribution in [0.1, 0.15) is 31.7 Å². The van der Waals surface area contributed by atoms with Gasteiger partial charge in [0.25, 0.3) is 0 Å². The Bertz CT molecular complexity index is 452. The van der Waals surface area contributed by atoms with Crippen LogP contribution in [-0.4, -0.2) is 48.2 Å². The van der Waals surface area contributed by atoms with Crippen molar-refractivity contribution in [1.82, 2.24) is 15.3 Å².